The van der Waals surface area contributed by atoms with E-state index < -0.39 is 6.10 Å². The summed E-state index contributed by atoms with van der Waals surface area (Å²) in [5, 5.41) is 9.46. The lowest BCUT2D eigenvalue weighted by Gasteiger charge is -2.11. The first-order valence-corrected chi connectivity index (χ1v) is 6.61. The van der Waals surface area contributed by atoms with Crippen molar-refractivity contribution in [3.63, 3.8) is 0 Å². The Bertz CT molecular complexity index is 413. The number of rotatable bonds is 7. The van der Waals surface area contributed by atoms with Crippen LogP contribution in [0.5, 0.6) is 5.75 Å². The average molecular weight is 266 g/mol. The largest absolute Gasteiger partial charge is 0.482 e. The van der Waals surface area contributed by atoms with Crippen molar-refractivity contribution in [1.82, 2.24) is 0 Å². The SMILES string of the molecule is CCCCOC(=O)COc1ccc([C@@H](C)O)cc1C. The van der Waals surface area contributed by atoms with Crippen LogP contribution in [-0.2, 0) is 9.53 Å². The molecule has 0 fully saturated rings. The van der Waals surface area contributed by atoms with Gasteiger partial charge in [-0.25, -0.2) is 4.79 Å². The van der Waals surface area contributed by atoms with Gasteiger partial charge < -0.3 is 14.6 Å². The molecule has 0 radical (unpaired) electrons. The summed E-state index contributed by atoms with van der Waals surface area (Å²) in [6, 6.07) is 5.40. The van der Waals surface area contributed by atoms with Crippen molar-refractivity contribution >= 4 is 5.97 Å². The zero-order valence-electron chi connectivity index (χ0n) is 11.8. The molecule has 0 saturated carbocycles. The summed E-state index contributed by atoms with van der Waals surface area (Å²) >= 11 is 0. The van der Waals surface area contributed by atoms with Crippen LogP contribution in [0.2, 0.25) is 0 Å². The number of esters is 1. The van der Waals surface area contributed by atoms with Gasteiger partial charge >= 0.3 is 5.97 Å². The van der Waals surface area contributed by atoms with E-state index in [4.69, 9.17) is 9.47 Å². The molecule has 0 aliphatic heterocycles. The van der Waals surface area contributed by atoms with Gasteiger partial charge in [0.05, 0.1) is 12.7 Å². The predicted octanol–water partition coefficient (Wildman–Crippen LogP) is 2.77. The van der Waals surface area contributed by atoms with Crippen molar-refractivity contribution in [3.8, 4) is 5.75 Å². The molecule has 1 rings (SSSR count). The minimum Gasteiger partial charge on any atom is -0.482 e. The van der Waals surface area contributed by atoms with Crippen molar-refractivity contribution in [2.45, 2.75) is 39.7 Å². The molecular formula is C15H22O4. The molecule has 0 saturated heterocycles. The highest BCUT2D eigenvalue weighted by molar-refractivity contribution is 5.71. The summed E-state index contributed by atoms with van der Waals surface area (Å²) in [7, 11) is 0. The number of unbranched alkanes of at least 4 members (excludes halogenated alkanes) is 1. The van der Waals surface area contributed by atoms with Crippen molar-refractivity contribution in [1.29, 1.82) is 0 Å². The first-order chi connectivity index (χ1) is 9.04. The molecule has 4 heteroatoms. The fourth-order valence-corrected chi connectivity index (χ4v) is 1.60. The summed E-state index contributed by atoms with van der Waals surface area (Å²) in [6.07, 6.45) is 1.36. The van der Waals surface area contributed by atoms with Crippen molar-refractivity contribution in [2.24, 2.45) is 0 Å². The molecule has 0 aromatic heterocycles. The molecule has 0 bridgehead atoms. The second-order valence-electron chi connectivity index (χ2n) is 4.56. The summed E-state index contributed by atoms with van der Waals surface area (Å²) in [5.41, 5.74) is 1.72. The third-order valence-corrected chi connectivity index (χ3v) is 2.79. The Hall–Kier alpha value is -1.55. The van der Waals surface area contributed by atoms with Gasteiger partial charge in [0.1, 0.15) is 5.75 Å². The van der Waals surface area contributed by atoms with Gasteiger partial charge in [0.2, 0.25) is 0 Å². The van der Waals surface area contributed by atoms with E-state index in [0.29, 0.717) is 12.4 Å². The second-order valence-corrected chi connectivity index (χ2v) is 4.56. The number of aryl methyl sites for hydroxylation is 1. The molecule has 106 valence electrons. The van der Waals surface area contributed by atoms with E-state index >= 15 is 0 Å². The number of hydrogen-bond donors (Lipinski definition) is 1. The maximum absolute atomic E-state index is 11.4. The normalized spacial score (nSPS) is 12.0. The maximum Gasteiger partial charge on any atom is 0.344 e. The van der Waals surface area contributed by atoms with E-state index in [1.807, 2.05) is 19.9 Å². The highest BCUT2D eigenvalue weighted by Crippen LogP contribution is 2.22. The maximum atomic E-state index is 11.4. The number of aliphatic hydroxyl groups excluding tert-OH is 1. The molecule has 0 aliphatic carbocycles. The monoisotopic (exact) mass is 266 g/mol. The number of aliphatic hydroxyl groups is 1. The molecule has 0 spiro atoms. The summed E-state index contributed by atoms with van der Waals surface area (Å²) in [6.45, 7) is 5.98. The quantitative estimate of drug-likeness (QED) is 0.609. The lowest BCUT2D eigenvalue weighted by molar-refractivity contribution is -0.146. The fraction of sp³-hybridized carbons (Fsp3) is 0.533. The highest BCUT2D eigenvalue weighted by atomic mass is 16.6. The summed E-state index contributed by atoms with van der Waals surface area (Å²) in [5.74, 6) is 0.282. The molecule has 0 aliphatic rings. The van der Waals surface area contributed by atoms with E-state index in [1.54, 1.807) is 19.1 Å². The van der Waals surface area contributed by atoms with E-state index in [-0.39, 0.29) is 12.6 Å². The molecule has 1 N–H and O–H groups in total. The lowest BCUT2D eigenvalue weighted by atomic mass is 10.1. The third kappa shape index (κ3) is 5.30. The summed E-state index contributed by atoms with van der Waals surface area (Å²) in [4.78, 5) is 11.4. The molecule has 19 heavy (non-hydrogen) atoms. The Morgan fingerprint density at radius 3 is 2.74 bits per heavy atom. The fourth-order valence-electron chi connectivity index (χ4n) is 1.60. The van der Waals surface area contributed by atoms with E-state index in [2.05, 4.69) is 0 Å². The van der Waals surface area contributed by atoms with Gasteiger partial charge in [0, 0.05) is 0 Å². The van der Waals surface area contributed by atoms with E-state index in [1.165, 1.54) is 0 Å². The lowest BCUT2D eigenvalue weighted by Crippen LogP contribution is -2.15. The Morgan fingerprint density at radius 1 is 1.42 bits per heavy atom. The van der Waals surface area contributed by atoms with Crippen LogP contribution >= 0.6 is 0 Å². The number of ether oxygens (including phenoxy) is 2. The Morgan fingerprint density at radius 2 is 2.16 bits per heavy atom. The van der Waals surface area contributed by atoms with Crippen LogP contribution in [0.15, 0.2) is 18.2 Å². The number of carbonyl (C=O) groups is 1. The van der Waals surface area contributed by atoms with Crippen LogP contribution in [0, 0.1) is 6.92 Å². The van der Waals surface area contributed by atoms with Crippen LogP contribution in [0.3, 0.4) is 0 Å². The van der Waals surface area contributed by atoms with Gasteiger partial charge in [-0.2, -0.15) is 0 Å². The molecule has 0 unspecified atom stereocenters. The molecule has 4 nitrogen and oxygen atoms in total. The standard InChI is InChI=1S/C15H22O4/c1-4-5-8-18-15(17)10-19-14-7-6-13(12(3)16)9-11(14)2/h6-7,9,12,16H,4-5,8,10H2,1-3H3/t12-/m1/s1. The van der Waals surface area contributed by atoms with Gasteiger partial charge in [0.25, 0.3) is 0 Å². The summed E-state index contributed by atoms with van der Waals surface area (Å²) < 4.78 is 10.4. The average Bonchev–Trinajstić information content (AvgIpc) is 2.37. The zero-order chi connectivity index (χ0) is 14.3. The van der Waals surface area contributed by atoms with Gasteiger partial charge in [-0.3, -0.25) is 0 Å². The first kappa shape index (κ1) is 15.5. The number of hydrogen-bond acceptors (Lipinski definition) is 4. The first-order valence-electron chi connectivity index (χ1n) is 6.61. The van der Waals surface area contributed by atoms with Crippen LogP contribution in [0.25, 0.3) is 0 Å². The van der Waals surface area contributed by atoms with Crippen LogP contribution in [0.1, 0.15) is 43.9 Å². The Balaban J connectivity index is 2.47. The van der Waals surface area contributed by atoms with Crippen molar-refractivity contribution in [2.75, 3.05) is 13.2 Å². The van der Waals surface area contributed by atoms with Gasteiger partial charge in [-0.1, -0.05) is 19.4 Å². The molecule has 1 aromatic rings. The zero-order valence-corrected chi connectivity index (χ0v) is 11.8. The minimum atomic E-state index is -0.508. The van der Waals surface area contributed by atoms with Gasteiger partial charge in [-0.05, 0) is 43.5 Å². The molecule has 1 atom stereocenters. The topological polar surface area (TPSA) is 55.8 Å². The molecule has 1 aromatic carbocycles. The van der Waals surface area contributed by atoms with Crippen LogP contribution in [-0.4, -0.2) is 24.3 Å². The van der Waals surface area contributed by atoms with Crippen molar-refractivity contribution < 1.29 is 19.4 Å². The number of carbonyl (C=O) groups excluding carboxylic acids is 1. The molecule has 0 heterocycles. The number of benzene rings is 1. The predicted molar refractivity (Wildman–Crippen MR) is 73.2 cm³/mol. The highest BCUT2D eigenvalue weighted by Gasteiger charge is 2.08. The van der Waals surface area contributed by atoms with E-state index in [0.717, 1.165) is 24.0 Å². The van der Waals surface area contributed by atoms with E-state index in [9.17, 15) is 9.90 Å². The second kappa shape index (κ2) is 7.79. The van der Waals surface area contributed by atoms with Crippen LogP contribution in [0.4, 0.5) is 0 Å². The Kier molecular flexibility index (Phi) is 6.36. The third-order valence-electron chi connectivity index (χ3n) is 2.79. The molecular weight excluding hydrogens is 244 g/mol. The molecule has 0 amide bonds. The van der Waals surface area contributed by atoms with Crippen molar-refractivity contribution in [3.05, 3.63) is 29.3 Å². The minimum absolute atomic E-state index is 0.0847. The van der Waals surface area contributed by atoms with Crippen LogP contribution < -0.4 is 4.74 Å². The smallest absolute Gasteiger partial charge is 0.344 e. The Labute approximate surface area is 114 Å². The van der Waals surface area contributed by atoms with Gasteiger partial charge in [0.15, 0.2) is 6.61 Å². The van der Waals surface area contributed by atoms with Gasteiger partial charge in [-0.15, -0.1) is 0 Å².